The fourth-order valence-electron chi connectivity index (χ4n) is 3.28. The second kappa shape index (κ2) is 11.1. The Kier molecular flexibility index (Phi) is 8.04. The van der Waals surface area contributed by atoms with Crippen LogP contribution < -0.4 is 14.4 Å². The van der Waals surface area contributed by atoms with E-state index in [0.29, 0.717) is 37.4 Å². The van der Waals surface area contributed by atoms with Crippen molar-refractivity contribution in [3.05, 3.63) is 65.9 Å². The summed E-state index contributed by atoms with van der Waals surface area (Å²) in [6.45, 7) is 0.614. The van der Waals surface area contributed by atoms with Gasteiger partial charge in [0, 0.05) is 33.3 Å². The third-order valence-electron chi connectivity index (χ3n) is 5.04. The van der Waals surface area contributed by atoms with Gasteiger partial charge in [-0.25, -0.2) is 0 Å². The minimum atomic E-state index is -0.337. The third kappa shape index (κ3) is 5.69. The maximum absolute atomic E-state index is 13.4. The van der Waals surface area contributed by atoms with Gasteiger partial charge in [0.1, 0.15) is 11.5 Å². The van der Waals surface area contributed by atoms with Crippen LogP contribution in [0.2, 0.25) is 0 Å². The fraction of sp³-hybridized carbons (Fsp3) is 0.292. The lowest BCUT2D eigenvalue weighted by molar-refractivity contribution is -0.107. The van der Waals surface area contributed by atoms with Crippen LogP contribution in [0.4, 0.5) is 5.82 Å². The molecule has 9 nitrogen and oxygen atoms in total. The predicted octanol–water partition coefficient (Wildman–Crippen LogP) is 2.78. The first-order chi connectivity index (χ1) is 16.0. The molecule has 0 aliphatic heterocycles. The number of amides is 2. The lowest BCUT2D eigenvalue weighted by Gasteiger charge is -2.20. The van der Waals surface area contributed by atoms with Crippen molar-refractivity contribution in [1.29, 1.82) is 0 Å². The number of carbonyl (C=O) groups excluding carboxylic acids is 2. The first kappa shape index (κ1) is 23.8. The molecule has 0 bridgehead atoms. The number of hydrogen-bond donors (Lipinski definition) is 1. The molecule has 0 fully saturated rings. The molecule has 2 amide bonds. The number of anilines is 1. The number of methoxy groups -OCH3 is 1. The Morgan fingerprint density at radius 2 is 1.85 bits per heavy atom. The molecule has 0 aliphatic rings. The van der Waals surface area contributed by atoms with Gasteiger partial charge in [-0.05, 0) is 24.1 Å². The van der Waals surface area contributed by atoms with Crippen molar-refractivity contribution in [1.82, 2.24) is 14.5 Å². The topological polar surface area (TPSA) is 97.1 Å². The first-order valence-electron chi connectivity index (χ1n) is 10.5. The van der Waals surface area contributed by atoms with Gasteiger partial charge in [0.15, 0.2) is 11.5 Å². The maximum atomic E-state index is 13.4. The van der Waals surface area contributed by atoms with E-state index < -0.39 is 0 Å². The normalized spacial score (nSPS) is 10.5. The molecule has 0 spiro atoms. The zero-order valence-electron chi connectivity index (χ0n) is 19.0. The number of carbonyl (C=O) groups is 2. The van der Waals surface area contributed by atoms with Crippen molar-refractivity contribution in [2.45, 2.75) is 13.0 Å². The number of aliphatic hydroxyl groups excluding tert-OH is 1. The predicted molar refractivity (Wildman–Crippen MR) is 124 cm³/mol. The van der Waals surface area contributed by atoms with E-state index >= 15 is 0 Å². The van der Waals surface area contributed by atoms with E-state index in [1.807, 2.05) is 30.3 Å². The summed E-state index contributed by atoms with van der Waals surface area (Å²) >= 11 is 0. The highest BCUT2D eigenvalue weighted by molar-refractivity contribution is 5.99. The number of nitrogens with zero attached hydrogens (tertiary/aromatic N) is 4. The van der Waals surface area contributed by atoms with Crippen LogP contribution >= 0.6 is 0 Å². The van der Waals surface area contributed by atoms with E-state index in [0.717, 1.165) is 5.56 Å². The number of benzene rings is 2. The van der Waals surface area contributed by atoms with Crippen molar-refractivity contribution >= 4 is 18.1 Å². The summed E-state index contributed by atoms with van der Waals surface area (Å²) < 4.78 is 13.0. The van der Waals surface area contributed by atoms with Crippen LogP contribution in [0, 0.1) is 0 Å². The number of aromatic nitrogens is 2. The van der Waals surface area contributed by atoms with Crippen LogP contribution in [0.15, 0.2) is 54.6 Å². The Labute approximate surface area is 192 Å². The second-order valence-electron chi connectivity index (χ2n) is 7.44. The van der Waals surface area contributed by atoms with Gasteiger partial charge in [0.25, 0.3) is 5.91 Å². The van der Waals surface area contributed by atoms with E-state index in [2.05, 4.69) is 4.98 Å². The number of hydrogen-bond acceptors (Lipinski definition) is 6. The zero-order chi connectivity index (χ0) is 23.8. The minimum absolute atomic E-state index is 0.0355. The second-order valence-corrected chi connectivity index (χ2v) is 7.44. The number of ether oxygens (including phenoxy) is 2. The lowest BCUT2D eigenvalue weighted by atomic mass is 10.2. The molecule has 0 unspecified atom stereocenters. The summed E-state index contributed by atoms with van der Waals surface area (Å²) in [6, 6.07) is 16.8. The molecule has 0 atom stereocenters. The monoisotopic (exact) mass is 452 g/mol. The molecule has 0 saturated carbocycles. The molecule has 1 heterocycles. The molecule has 0 saturated heterocycles. The molecule has 174 valence electrons. The molecular formula is C24H28N4O5. The van der Waals surface area contributed by atoms with Gasteiger partial charge in [0.05, 0.1) is 13.7 Å². The van der Waals surface area contributed by atoms with Crippen molar-refractivity contribution in [2.24, 2.45) is 0 Å². The van der Waals surface area contributed by atoms with E-state index in [1.54, 1.807) is 43.0 Å². The Morgan fingerprint density at radius 3 is 2.52 bits per heavy atom. The molecular weight excluding hydrogens is 424 g/mol. The van der Waals surface area contributed by atoms with E-state index in [-0.39, 0.29) is 30.0 Å². The summed E-state index contributed by atoms with van der Waals surface area (Å²) in [4.78, 5) is 32.3. The van der Waals surface area contributed by atoms with Crippen LogP contribution in [-0.4, -0.2) is 66.2 Å². The SMILES string of the molecule is COc1cccc(Oc2nc(N(C)C=O)c(C(=O)N(C)CCCO)n2Cc2ccccc2)c1. The highest BCUT2D eigenvalue weighted by atomic mass is 16.5. The Bertz CT molecular complexity index is 1080. The van der Waals surface area contributed by atoms with Crippen LogP contribution in [0.3, 0.4) is 0 Å². The summed E-state index contributed by atoms with van der Waals surface area (Å²) in [5.74, 6) is 0.927. The summed E-state index contributed by atoms with van der Waals surface area (Å²) in [5.41, 5.74) is 1.14. The third-order valence-corrected chi connectivity index (χ3v) is 5.04. The van der Waals surface area contributed by atoms with E-state index in [9.17, 15) is 9.59 Å². The molecule has 3 rings (SSSR count). The van der Waals surface area contributed by atoms with Gasteiger partial charge in [-0.2, -0.15) is 4.98 Å². The highest BCUT2D eigenvalue weighted by Crippen LogP contribution is 2.31. The van der Waals surface area contributed by atoms with Gasteiger partial charge >= 0.3 is 6.01 Å². The number of rotatable bonds is 11. The molecule has 3 aromatic rings. The van der Waals surface area contributed by atoms with Crippen molar-refractivity contribution in [3.63, 3.8) is 0 Å². The lowest BCUT2D eigenvalue weighted by Crippen LogP contribution is -2.32. The smallest absolute Gasteiger partial charge is 0.304 e. The van der Waals surface area contributed by atoms with Crippen molar-refractivity contribution in [3.8, 4) is 17.5 Å². The van der Waals surface area contributed by atoms with Gasteiger partial charge in [-0.1, -0.05) is 36.4 Å². The first-order valence-corrected chi connectivity index (χ1v) is 10.5. The van der Waals surface area contributed by atoms with Gasteiger partial charge in [-0.3, -0.25) is 14.2 Å². The highest BCUT2D eigenvalue weighted by Gasteiger charge is 2.29. The number of aliphatic hydroxyl groups is 1. The molecule has 2 aromatic carbocycles. The van der Waals surface area contributed by atoms with Crippen molar-refractivity contribution in [2.75, 3.05) is 39.3 Å². The standard InChI is InChI=1S/C24H28N4O5/c1-26(13-8-14-29)23(31)21-22(27(2)17-30)25-24(28(21)16-18-9-5-4-6-10-18)33-20-12-7-11-19(15-20)32-3/h4-7,9-12,15,17,29H,8,13-14,16H2,1-3H3. The quantitative estimate of drug-likeness (QED) is 0.450. The summed E-state index contributed by atoms with van der Waals surface area (Å²) in [7, 11) is 4.73. The van der Waals surface area contributed by atoms with E-state index in [1.165, 1.54) is 16.8 Å². The minimum Gasteiger partial charge on any atom is -0.497 e. The summed E-state index contributed by atoms with van der Waals surface area (Å²) in [6.07, 6.45) is 1.02. The molecule has 0 radical (unpaired) electrons. The van der Waals surface area contributed by atoms with Gasteiger partial charge in [0.2, 0.25) is 6.41 Å². The number of imidazole rings is 1. The Hall–Kier alpha value is -3.85. The molecule has 1 N–H and O–H groups in total. The van der Waals surface area contributed by atoms with Crippen LogP contribution in [-0.2, 0) is 11.3 Å². The Morgan fingerprint density at radius 1 is 1.12 bits per heavy atom. The van der Waals surface area contributed by atoms with Gasteiger partial charge in [-0.15, -0.1) is 0 Å². The van der Waals surface area contributed by atoms with E-state index in [4.69, 9.17) is 14.6 Å². The average molecular weight is 453 g/mol. The van der Waals surface area contributed by atoms with Crippen LogP contribution in [0.1, 0.15) is 22.5 Å². The molecule has 9 heteroatoms. The molecule has 33 heavy (non-hydrogen) atoms. The maximum Gasteiger partial charge on any atom is 0.304 e. The Balaban J connectivity index is 2.12. The van der Waals surface area contributed by atoms with Crippen LogP contribution in [0.5, 0.6) is 17.5 Å². The zero-order valence-corrected chi connectivity index (χ0v) is 19.0. The fourth-order valence-corrected chi connectivity index (χ4v) is 3.28. The van der Waals surface area contributed by atoms with Gasteiger partial charge < -0.3 is 24.4 Å². The largest absolute Gasteiger partial charge is 0.497 e. The molecule has 0 aliphatic carbocycles. The average Bonchev–Trinajstić information content (AvgIpc) is 3.19. The molecule has 1 aromatic heterocycles. The van der Waals surface area contributed by atoms with Crippen molar-refractivity contribution < 1.29 is 24.2 Å². The summed E-state index contributed by atoms with van der Waals surface area (Å²) in [5, 5.41) is 9.17. The van der Waals surface area contributed by atoms with Crippen LogP contribution in [0.25, 0.3) is 0 Å².